The summed E-state index contributed by atoms with van der Waals surface area (Å²) in [5.74, 6) is 0. The second-order valence-corrected chi connectivity index (χ2v) is 44.7. The summed E-state index contributed by atoms with van der Waals surface area (Å²) in [5, 5.41) is 0. The molecule has 0 amide bonds. The van der Waals surface area contributed by atoms with Crippen LogP contribution in [0.15, 0.2) is 0 Å². The molecule has 0 aromatic rings. The fourth-order valence-corrected chi connectivity index (χ4v) is 0. The van der Waals surface area contributed by atoms with Crippen LogP contribution in [0.25, 0.3) is 0 Å². The third kappa shape index (κ3) is 4.72. The van der Waals surface area contributed by atoms with Gasteiger partial charge in [-0.15, -0.1) is 0 Å². The number of halogens is 3. The van der Waals surface area contributed by atoms with Crippen molar-refractivity contribution in [3.8, 4) is 0 Å². The quantitative estimate of drug-likeness (QED) is 0.581. The Morgan fingerprint density at radius 2 is 1.29 bits per heavy atom. The predicted octanol–water partition coefficient (Wildman–Crippen LogP) is 3.52. The first-order valence-electron chi connectivity index (χ1n) is 1.85. The average molecular weight is 410 g/mol. The number of hydrogen-bond donors (Lipinski definition) is 0. The van der Waals surface area contributed by atoms with E-state index in [0.717, 1.165) is 3.97 Å². The molecule has 0 spiro atoms. The van der Waals surface area contributed by atoms with Gasteiger partial charge in [-0.25, -0.2) is 0 Å². The first-order chi connectivity index (χ1) is 2.94. The van der Waals surface area contributed by atoms with Gasteiger partial charge < -0.3 is 0 Å². The van der Waals surface area contributed by atoms with Crippen molar-refractivity contribution in [2.24, 2.45) is 0 Å². The average Bonchev–Trinajstić information content (AvgIpc) is 1.31. The molecular formula is C3H7Br3Te. The Labute approximate surface area is 66.6 Å². The van der Waals surface area contributed by atoms with E-state index in [-0.39, 0.29) is 0 Å². The molecule has 0 aromatic heterocycles. The Kier molecular flexibility index (Phi) is 4.50. The fraction of sp³-hybridized carbons (Fsp3) is 1.00. The summed E-state index contributed by atoms with van der Waals surface area (Å²) in [5.41, 5.74) is 0. The zero-order valence-electron chi connectivity index (χ0n) is 4.12. The van der Waals surface area contributed by atoms with Gasteiger partial charge in [-0.1, -0.05) is 0 Å². The van der Waals surface area contributed by atoms with Gasteiger partial charge in [0.1, 0.15) is 0 Å². The molecule has 0 N–H and O–H groups in total. The molecule has 0 unspecified atom stereocenters. The molecule has 0 saturated carbocycles. The van der Waals surface area contributed by atoms with Crippen molar-refractivity contribution in [3.05, 3.63) is 0 Å². The van der Waals surface area contributed by atoms with E-state index in [2.05, 4.69) is 52.1 Å². The molecule has 0 aliphatic rings. The third-order valence-corrected chi connectivity index (χ3v) is 18.6. The SMILES string of the molecule is CC(C)[Te](Br)(Br)Br. The van der Waals surface area contributed by atoms with E-state index < -0.39 is 11.6 Å². The molecule has 0 nitrogen and oxygen atoms in total. The van der Waals surface area contributed by atoms with Crippen molar-refractivity contribution in [1.29, 1.82) is 0 Å². The van der Waals surface area contributed by atoms with Crippen molar-refractivity contribution in [3.63, 3.8) is 0 Å². The van der Waals surface area contributed by atoms with E-state index in [9.17, 15) is 0 Å². The molecule has 0 bridgehead atoms. The summed E-state index contributed by atoms with van der Waals surface area (Å²) in [6.07, 6.45) is 0. The van der Waals surface area contributed by atoms with Crippen molar-refractivity contribution in [2.45, 2.75) is 17.8 Å². The van der Waals surface area contributed by atoms with E-state index in [1.807, 2.05) is 0 Å². The number of rotatable bonds is 1. The second-order valence-electron chi connectivity index (χ2n) is 1.49. The molecule has 0 rings (SSSR count). The molecule has 7 heavy (non-hydrogen) atoms. The number of hydrogen-bond acceptors (Lipinski definition) is 0. The van der Waals surface area contributed by atoms with Gasteiger partial charge in [0, 0.05) is 0 Å². The van der Waals surface area contributed by atoms with Crippen LogP contribution in [0.2, 0.25) is 3.97 Å². The van der Waals surface area contributed by atoms with Crippen LogP contribution in [0.1, 0.15) is 13.8 Å². The summed E-state index contributed by atoms with van der Waals surface area (Å²) in [4.78, 5) is 0. The minimum absolute atomic E-state index is 0.739. The standard InChI is InChI=1S/C3H7Br3Te/c1-3(2)7(4,5)6/h3H,1-2H3. The van der Waals surface area contributed by atoms with Gasteiger partial charge in [-0.05, 0) is 0 Å². The van der Waals surface area contributed by atoms with Crippen LogP contribution in [-0.4, -0.2) is 11.6 Å². The molecule has 0 aliphatic heterocycles. The van der Waals surface area contributed by atoms with Crippen molar-refractivity contribution >= 4 is 49.8 Å². The van der Waals surface area contributed by atoms with Crippen LogP contribution < -0.4 is 0 Å². The summed E-state index contributed by atoms with van der Waals surface area (Å²) in [6, 6.07) is 0. The zero-order chi connectivity index (χ0) is 6.08. The molecule has 0 aromatic carbocycles. The molecular weight excluding hydrogens is 403 g/mol. The van der Waals surface area contributed by atoms with Gasteiger partial charge in [0.15, 0.2) is 0 Å². The Morgan fingerprint density at radius 3 is 1.29 bits per heavy atom. The molecule has 0 atom stereocenters. The maximum absolute atomic E-state index is 3.57. The maximum atomic E-state index is 3.57. The van der Waals surface area contributed by atoms with E-state index in [1.54, 1.807) is 0 Å². The fourth-order valence-electron chi connectivity index (χ4n) is 0. The monoisotopic (exact) mass is 410 g/mol. The van der Waals surface area contributed by atoms with Gasteiger partial charge in [-0.2, -0.15) is 0 Å². The molecule has 0 saturated heterocycles. The van der Waals surface area contributed by atoms with Crippen molar-refractivity contribution in [2.75, 3.05) is 0 Å². The van der Waals surface area contributed by atoms with E-state index in [4.69, 9.17) is 0 Å². The van der Waals surface area contributed by atoms with Gasteiger partial charge in [0.2, 0.25) is 0 Å². The van der Waals surface area contributed by atoms with Crippen LogP contribution in [0.4, 0.5) is 0 Å². The molecule has 4 heteroatoms. The van der Waals surface area contributed by atoms with Crippen LogP contribution in [0.5, 0.6) is 0 Å². The Morgan fingerprint density at radius 1 is 1.14 bits per heavy atom. The first kappa shape index (κ1) is 9.23. The summed E-state index contributed by atoms with van der Waals surface area (Å²) < 4.78 is 0.739. The van der Waals surface area contributed by atoms with Crippen LogP contribution in [0.3, 0.4) is 0 Å². The van der Waals surface area contributed by atoms with Crippen LogP contribution in [-0.2, 0) is 0 Å². The van der Waals surface area contributed by atoms with Crippen LogP contribution >= 0.6 is 38.3 Å². The zero-order valence-corrected chi connectivity index (χ0v) is 11.2. The van der Waals surface area contributed by atoms with Crippen molar-refractivity contribution < 1.29 is 0 Å². The molecule has 0 fully saturated rings. The predicted molar refractivity (Wildman–Crippen MR) is 47.6 cm³/mol. The Balaban J connectivity index is 3.54. The van der Waals surface area contributed by atoms with Gasteiger partial charge in [0.25, 0.3) is 0 Å². The first-order valence-corrected chi connectivity index (χ1v) is 18.9. The normalized spacial score (nSPS) is 15.1. The topological polar surface area (TPSA) is 0 Å². The summed E-state index contributed by atoms with van der Waals surface area (Å²) in [7, 11) is 0. The van der Waals surface area contributed by atoms with Gasteiger partial charge in [0.05, 0.1) is 0 Å². The summed E-state index contributed by atoms with van der Waals surface area (Å²) in [6.45, 7) is 4.39. The molecule has 0 heterocycles. The molecule has 46 valence electrons. The summed E-state index contributed by atoms with van der Waals surface area (Å²) >= 11 is 8.95. The second kappa shape index (κ2) is 3.41. The third-order valence-electron chi connectivity index (χ3n) is 0.535. The molecule has 0 aliphatic carbocycles. The van der Waals surface area contributed by atoms with E-state index >= 15 is 0 Å². The van der Waals surface area contributed by atoms with Gasteiger partial charge >= 0.3 is 67.6 Å². The molecule has 0 radical (unpaired) electrons. The van der Waals surface area contributed by atoms with Crippen LogP contribution in [0, 0.1) is 0 Å². The van der Waals surface area contributed by atoms with Crippen molar-refractivity contribution in [1.82, 2.24) is 0 Å². The minimum atomic E-state index is -1.75. The Hall–Kier alpha value is 2.23. The van der Waals surface area contributed by atoms with Gasteiger partial charge in [-0.3, -0.25) is 0 Å². The Bertz CT molecular complexity index is 55.7. The van der Waals surface area contributed by atoms with E-state index in [0.29, 0.717) is 0 Å². The van der Waals surface area contributed by atoms with E-state index in [1.165, 1.54) is 0 Å².